The number of benzene rings is 9. The Morgan fingerprint density at radius 3 is 1.13 bits per heavy atom. The van der Waals surface area contributed by atoms with E-state index in [1.807, 2.05) is 164 Å². The van der Waals surface area contributed by atoms with Crippen LogP contribution in [0.2, 0.25) is 0 Å². The molecule has 0 bridgehead atoms. The normalized spacial score (nSPS) is 18.6. The molecule has 2 saturated heterocycles. The van der Waals surface area contributed by atoms with Crippen LogP contribution < -0.4 is 24.6 Å². The highest BCUT2D eigenvalue weighted by atomic mass is 31.1. The predicted octanol–water partition coefficient (Wildman–Crippen LogP) is 15.5. The number of anilines is 2. The number of halogens is 2. The van der Waals surface area contributed by atoms with Gasteiger partial charge in [-0.15, -0.1) is 9.42 Å². The molecule has 4 N–H and O–H groups in total. The number of aliphatic hydroxyl groups excluding tert-OH is 1. The number of alkyl halides is 2. The number of nitrogens with one attached hydrogen (secondary N) is 2. The average Bonchev–Trinajstić information content (AvgIpc) is 0.861. The van der Waals surface area contributed by atoms with Crippen LogP contribution in [0.3, 0.4) is 0 Å². The van der Waals surface area contributed by atoms with E-state index in [0.717, 1.165) is 44.5 Å². The van der Waals surface area contributed by atoms with Gasteiger partial charge in [0, 0.05) is 5.99 Å². The molecule has 0 radical (unpaired) electrons. The van der Waals surface area contributed by atoms with E-state index >= 15 is 8.78 Å². The first-order valence-electron chi connectivity index (χ1n) is 34.3. The maximum atomic E-state index is 16.0. The second-order valence-corrected chi connectivity index (χ2v) is 26.7. The van der Waals surface area contributed by atoms with Crippen molar-refractivity contribution >= 4 is 50.2 Å². The van der Waals surface area contributed by atoms with Gasteiger partial charge in [0.1, 0.15) is 66.3 Å². The summed E-state index contributed by atoms with van der Waals surface area (Å²) >= 11 is 0. The fourth-order valence-electron chi connectivity index (χ4n) is 13.2. The Bertz CT molecular complexity index is 4820. The van der Waals surface area contributed by atoms with Crippen LogP contribution in [0.25, 0.3) is 22.3 Å². The molecule has 0 amide bonds. The van der Waals surface area contributed by atoms with Crippen LogP contribution >= 0.6 is 16.3 Å². The zero-order valence-electron chi connectivity index (χ0n) is 58.3. The highest BCUT2D eigenvalue weighted by molar-refractivity contribution is 7.38. The van der Waals surface area contributed by atoms with Crippen LogP contribution in [0.5, 0.6) is 17.2 Å². The van der Waals surface area contributed by atoms with Crippen LogP contribution in [0.1, 0.15) is 58.4 Å². The minimum Gasteiger partial charge on any atom is -0.497 e. The maximum absolute atomic E-state index is 16.0. The van der Waals surface area contributed by atoms with E-state index in [9.17, 15) is 19.1 Å². The van der Waals surface area contributed by atoms with Gasteiger partial charge in [0.2, 0.25) is 0 Å². The third kappa shape index (κ3) is 16.6. The largest absolute Gasteiger partial charge is 0.694 e. The van der Waals surface area contributed by atoms with Gasteiger partial charge in [-0.1, -0.05) is 224 Å². The van der Waals surface area contributed by atoms with Crippen molar-refractivity contribution in [3.05, 3.63) is 331 Å². The fraction of sp³-hybridized carbons (Fsp3) is 0.210. The van der Waals surface area contributed by atoms with Gasteiger partial charge >= 0.3 is 16.3 Å². The van der Waals surface area contributed by atoms with E-state index in [2.05, 4.69) is 103 Å². The number of hydrogen-bond donors (Lipinski definition) is 4. The fourth-order valence-corrected chi connectivity index (χ4v) is 13.9. The Kier molecular flexibility index (Phi) is 24.1. The minimum atomic E-state index is -2.96. The molecule has 26 heteroatoms. The zero-order valence-corrected chi connectivity index (χ0v) is 60.1. The number of nitrogens with zero attached hydrogens (tertiary/aromatic N) is 8. The molecular weight excluding hydrogens is 1400 g/mol. The Labute approximate surface area is 619 Å². The summed E-state index contributed by atoms with van der Waals surface area (Å²) in [5, 5.41) is 17.4. The quantitative estimate of drug-likeness (QED) is 0.0290. The van der Waals surface area contributed by atoms with Crippen molar-refractivity contribution in [2.24, 2.45) is 0 Å². The van der Waals surface area contributed by atoms with Crippen molar-refractivity contribution in [2.75, 3.05) is 44.7 Å². The van der Waals surface area contributed by atoms with Crippen molar-refractivity contribution in [3.8, 4) is 17.2 Å². The van der Waals surface area contributed by atoms with Gasteiger partial charge in [-0.25, -0.2) is 38.7 Å². The van der Waals surface area contributed by atoms with Gasteiger partial charge in [0.25, 0.3) is 0 Å². The predicted molar refractivity (Wildman–Crippen MR) is 403 cm³/mol. The Balaban J connectivity index is 0.000000177. The summed E-state index contributed by atoms with van der Waals surface area (Å²) in [7, 11) is -1.31. The first-order valence-corrected chi connectivity index (χ1v) is 37.0. The number of aromatic nitrogens is 8. The topological polar surface area (TPSA) is 260 Å². The number of hydrogen-bond acceptors (Lipinski definition) is 19. The number of aliphatic hydroxyl groups is 1. The average molecular weight is 1480 g/mol. The molecule has 15 rings (SSSR count). The molecule has 0 saturated carbocycles. The number of para-hydroxylation sites is 1. The summed E-state index contributed by atoms with van der Waals surface area (Å²) in [6, 6.07) is 84.4. The molecule has 0 aliphatic carbocycles. The molecule has 22 nitrogen and oxygen atoms in total. The summed E-state index contributed by atoms with van der Waals surface area (Å²) < 4.78 is 101. The molecule has 107 heavy (non-hydrogen) atoms. The van der Waals surface area contributed by atoms with Gasteiger partial charge in [0.05, 0.1) is 46.7 Å². The van der Waals surface area contributed by atoms with E-state index < -0.39 is 89.8 Å². The lowest BCUT2D eigenvalue weighted by atomic mass is 9.77. The molecule has 2 fully saturated rings. The monoisotopic (exact) mass is 1480 g/mol. The van der Waals surface area contributed by atoms with E-state index in [-0.39, 0.29) is 14.6 Å². The van der Waals surface area contributed by atoms with Crippen LogP contribution in [0.4, 0.5) is 20.4 Å². The van der Waals surface area contributed by atoms with Crippen molar-refractivity contribution in [1.29, 1.82) is 0 Å². The number of ether oxygens (including phenoxy) is 6. The second kappa shape index (κ2) is 34.8. The van der Waals surface area contributed by atoms with Crippen LogP contribution in [-0.4, -0.2) is 120 Å². The standard InChI is InChI=1S/C37H33FN5O6P.C37H34FN5O4.C7H8O2P.H2/c1-46-29-19-17-25(18-20-29)21-47-33-31(38)30(22-48-50(44)45)49-36(33)43-24-41-32-34(39-23-40-35(32)43)42-37(26-11-5-2-6-12-26,27-13-7-3-8-14-27)28-15-9-4-10-16-28;1-45-29-19-17-25(18-20-29)22-46-33-31(38)30(21-44)47-36(33)43-24-41-32-34(39-23-40-35(32)43)42-37(26-11-5-2-6-12-26,27-13-7-3-8-14-27)28-15-9-4-10-16-28;1-10(8)9-7-5-3-2-4-6-7;/h2-20,23-24,30-31,33,36H,21-22H2,1H3,(H-,39,40,42,44,45);2-20,23-24,30-31,33,36,44H,21-22H2,1H3,(H,39,40,42);2-6H,1H3;1H/q;;+1;/p+1/t2*30-,31?,33+,36-;;/m11../s1. The molecule has 546 valence electrons. The van der Waals surface area contributed by atoms with Gasteiger partial charge in [-0.3, -0.25) is 13.7 Å². The lowest BCUT2D eigenvalue weighted by molar-refractivity contribution is -0.0741. The van der Waals surface area contributed by atoms with E-state index in [4.69, 9.17) is 47.4 Å². The minimum absolute atomic E-state index is 0. The second-order valence-electron chi connectivity index (χ2n) is 24.9. The SMILES string of the molecule is COc1ccc(CO[C@H]2C(F)[C@@H](CO)O[C@H]2n2cnc3c(NC(c4ccccc4)(c4ccccc4)c4ccccc4)ncnc32)cc1.COc1ccc(CO[C@H]2C(F)[C@@H](CO[P+](=O)O)O[C@H]2n2cnc3c(NC(c4ccccc4)(c4ccccc4)c4ccccc4)ncnc32)cc1.C[P+](=O)Oc1ccccc1.[HH]. The highest BCUT2D eigenvalue weighted by Gasteiger charge is 2.50. The van der Waals surface area contributed by atoms with E-state index in [1.54, 1.807) is 53.9 Å². The molecule has 6 heterocycles. The summed E-state index contributed by atoms with van der Waals surface area (Å²) in [5.74, 6) is 2.97. The van der Waals surface area contributed by atoms with Crippen molar-refractivity contribution in [2.45, 2.75) is 73.5 Å². The number of methoxy groups -OCH3 is 2. The van der Waals surface area contributed by atoms with Gasteiger partial charge in [-0.05, 0) is 85.5 Å². The van der Waals surface area contributed by atoms with Gasteiger partial charge in [0.15, 0.2) is 71.2 Å². The molecule has 4 unspecified atom stereocenters. The van der Waals surface area contributed by atoms with Crippen molar-refractivity contribution < 1.29 is 66.8 Å². The van der Waals surface area contributed by atoms with Crippen LogP contribution in [-0.2, 0) is 56.9 Å². The molecule has 10 atom stereocenters. The first kappa shape index (κ1) is 74.1. The molecular formula is C81H78F2N10O12P2+2. The third-order valence-corrected chi connectivity index (χ3v) is 19.2. The summed E-state index contributed by atoms with van der Waals surface area (Å²) in [6.45, 7) is 0.784. The Morgan fingerprint density at radius 2 is 0.804 bits per heavy atom. The lowest BCUT2D eigenvalue weighted by Gasteiger charge is -2.37. The highest BCUT2D eigenvalue weighted by Crippen LogP contribution is 2.45. The van der Waals surface area contributed by atoms with Crippen LogP contribution in [0.15, 0.2) is 286 Å². The zero-order chi connectivity index (χ0) is 74.1. The van der Waals surface area contributed by atoms with Gasteiger partial charge in [-0.2, -0.15) is 0 Å². The summed E-state index contributed by atoms with van der Waals surface area (Å²) in [4.78, 5) is 37.1. The maximum Gasteiger partial charge on any atom is 0.694 e. The number of rotatable bonds is 26. The first-order chi connectivity index (χ1) is 52.4. The van der Waals surface area contributed by atoms with Crippen LogP contribution in [0, 0.1) is 0 Å². The number of fused-ring (bicyclic) bond motifs is 2. The van der Waals surface area contributed by atoms with Crippen molar-refractivity contribution in [1.82, 2.24) is 39.0 Å². The smallest absolute Gasteiger partial charge is 0.497 e. The molecule has 0 spiro atoms. The Hall–Kier alpha value is -11.1. The van der Waals surface area contributed by atoms with E-state index in [1.165, 1.54) is 25.6 Å². The number of imidazole rings is 2. The van der Waals surface area contributed by atoms with Crippen molar-refractivity contribution in [3.63, 3.8) is 0 Å². The molecule has 4 aromatic heterocycles. The summed E-state index contributed by atoms with van der Waals surface area (Å²) in [5.41, 5.74) is 7.50. The molecule has 13 aromatic rings. The summed E-state index contributed by atoms with van der Waals surface area (Å²) in [6.07, 6.45) is -3.75. The molecule has 9 aromatic carbocycles. The van der Waals surface area contributed by atoms with E-state index in [0.29, 0.717) is 51.2 Å². The molecule has 2 aliphatic heterocycles. The third-order valence-electron chi connectivity index (χ3n) is 18.4. The molecule has 2 aliphatic rings. The lowest BCUT2D eigenvalue weighted by Crippen LogP contribution is -2.38. The Morgan fingerprint density at radius 1 is 0.467 bits per heavy atom. The van der Waals surface area contributed by atoms with Gasteiger partial charge < -0.3 is 44.2 Å².